The molecule has 2 rings (SSSR count). The molecular weight excluding hydrogens is 244 g/mol. The van der Waals surface area contributed by atoms with Crippen molar-refractivity contribution in [3.63, 3.8) is 0 Å². The maximum atomic E-state index is 12.4. The van der Waals surface area contributed by atoms with Crippen molar-refractivity contribution in [2.75, 3.05) is 13.1 Å². The number of hydrogen-bond donors (Lipinski definition) is 1. The van der Waals surface area contributed by atoms with E-state index in [9.17, 15) is 9.59 Å². The molecule has 1 aliphatic rings. The van der Waals surface area contributed by atoms with E-state index < -0.39 is 11.9 Å². The van der Waals surface area contributed by atoms with Gasteiger partial charge in [0.05, 0.1) is 11.8 Å². The Hall–Kier alpha value is -1.91. The van der Waals surface area contributed by atoms with Crippen molar-refractivity contribution >= 4 is 11.9 Å². The lowest BCUT2D eigenvalue weighted by molar-refractivity contribution is -0.146. The molecule has 0 saturated carbocycles. The van der Waals surface area contributed by atoms with E-state index in [1.165, 1.54) is 0 Å². The number of rotatable bonds is 3. The molecule has 2 heterocycles. The van der Waals surface area contributed by atoms with E-state index in [1.807, 2.05) is 13.0 Å². The third kappa shape index (κ3) is 3.10. The number of hydrogen-bond acceptors (Lipinski definition) is 3. The summed E-state index contributed by atoms with van der Waals surface area (Å²) in [5.41, 5.74) is 0.866. The second-order valence-electron chi connectivity index (χ2n) is 4.97. The van der Waals surface area contributed by atoms with E-state index in [0.29, 0.717) is 19.5 Å². The van der Waals surface area contributed by atoms with Crippen molar-refractivity contribution in [2.24, 2.45) is 5.92 Å². The maximum Gasteiger partial charge on any atom is 0.308 e. The fourth-order valence-corrected chi connectivity index (χ4v) is 2.43. The lowest BCUT2D eigenvalue weighted by atomic mass is 9.95. The van der Waals surface area contributed by atoms with Gasteiger partial charge >= 0.3 is 5.97 Å². The number of carbonyl (C=O) groups excluding carboxylic acids is 1. The summed E-state index contributed by atoms with van der Waals surface area (Å²) >= 11 is 0. The summed E-state index contributed by atoms with van der Waals surface area (Å²) in [5.74, 6) is -1.54. The number of carboxylic acids is 1. The lowest BCUT2D eigenvalue weighted by Crippen LogP contribution is -2.43. The van der Waals surface area contributed by atoms with Crippen molar-refractivity contribution < 1.29 is 14.7 Å². The predicted octanol–water partition coefficient (Wildman–Crippen LogP) is 1.51. The number of pyridine rings is 1. The quantitative estimate of drug-likeness (QED) is 0.896. The Morgan fingerprint density at radius 3 is 2.95 bits per heavy atom. The van der Waals surface area contributed by atoms with Crippen LogP contribution in [0.2, 0.25) is 0 Å². The summed E-state index contributed by atoms with van der Waals surface area (Å²) in [6.45, 7) is 2.80. The van der Waals surface area contributed by atoms with E-state index in [2.05, 4.69) is 4.98 Å². The molecule has 2 atom stereocenters. The van der Waals surface area contributed by atoms with E-state index in [0.717, 1.165) is 12.0 Å². The van der Waals surface area contributed by atoms with Gasteiger partial charge < -0.3 is 10.0 Å². The summed E-state index contributed by atoms with van der Waals surface area (Å²) in [6, 6.07) is 3.67. The van der Waals surface area contributed by atoms with E-state index >= 15 is 0 Å². The first-order valence-corrected chi connectivity index (χ1v) is 6.51. The smallest absolute Gasteiger partial charge is 0.308 e. The van der Waals surface area contributed by atoms with Gasteiger partial charge in [0.25, 0.3) is 0 Å². The SMILES string of the molecule is CC(C(=O)N1CCCC(C(=O)O)C1)c1cccnc1. The number of aliphatic carboxylic acids is 1. The Morgan fingerprint density at radius 1 is 1.53 bits per heavy atom. The van der Waals surface area contributed by atoms with Gasteiger partial charge in [-0.15, -0.1) is 0 Å². The number of amides is 1. The first kappa shape index (κ1) is 13.5. The van der Waals surface area contributed by atoms with Gasteiger partial charge in [0, 0.05) is 25.5 Å². The van der Waals surface area contributed by atoms with Crippen molar-refractivity contribution in [1.82, 2.24) is 9.88 Å². The van der Waals surface area contributed by atoms with E-state index in [4.69, 9.17) is 5.11 Å². The Balaban J connectivity index is 2.05. The molecule has 1 amide bonds. The summed E-state index contributed by atoms with van der Waals surface area (Å²) in [5, 5.41) is 9.05. The second-order valence-corrected chi connectivity index (χ2v) is 4.97. The average molecular weight is 262 g/mol. The van der Waals surface area contributed by atoms with Crippen LogP contribution < -0.4 is 0 Å². The van der Waals surface area contributed by atoms with Crippen LogP contribution in [0.1, 0.15) is 31.2 Å². The van der Waals surface area contributed by atoms with Crippen molar-refractivity contribution in [2.45, 2.75) is 25.7 Å². The molecule has 0 spiro atoms. The molecule has 19 heavy (non-hydrogen) atoms. The summed E-state index contributed by atoms with van der Waals surface area (Å²) < 4.78 is 0. The molecule has 1 aromatic heterocycles. The minimum absolute atomic E-state index is 0.0149. The summed E-state index contributed by atoms with van der Waals surface area (Å²) in [7, 11) is 0. The van der Waals surface area contributed by atoms with Crippen molar-refractivity contribution in [3.05, 3.63) is 30.1 Å². The van der Waals surface area contributed by atoms with Crippen LogP contribution in [0.15, 0.2) is 24.5 Å². The number of aromatic nitrogens is 1. The van der Waals surface area contributed by atoms with Crippen LogP contribution in [0.25, 0.3) is 0 Å². The molecule has 1 aromatic rings. The Labute approximate surface area is 112 Å². The molecule has 0 aromatic carbocycles. The third-order valence-electron chi connectivity index (χ3n) is 3.64. The Morgan fingerprint density at radius 2 is 2.32 bits per heavy atom. The number of carboxylic acid groups (broad SMARTS) is 1. The zero-order valence-electron chi connectivity index (χ0n) is 11.0. The van der Waals surface area contributed by atoms with Crippen LogP contribution in [0.3, 0.4) is 0 Å². The summed E-state index contributed by atoms with van der Waals surface area (Å²) in [6.07, 6.45) is 4.76. The standard InChI is InChI=1S/C14H18N2O3/c1-10(11-4-2-6-15-8-11)13(17)16-7-3-5-12(9-16)14(18)19/h2,4,6,8,10,12H,3,5,7,9H2,1H3,(H,18,19). The number of nitrogens with zero attached hydrogens (tertiary/aromatic N) is 2. The van der Waals surface area contributed by atoms with Crippen LogP contribution in [0, 0.1) is 5.92 Å². The molecule has 5 nitrogen and oxygen atoms in total. The van der Waals surface area contributed by atoms with Crippen LogP contribution in [0.5, 0.6) is 0 Å². The fourth-order valence-electron chi connectivity index (χ4n) is 2.43. The van der Waals surface area contributed by atoms with Crippen LogP contribution in [0.4, 0.5) is 0 Å². The van der Waals surface area contributed by atoms with Crippen molar-refractivity contribution in [1.29, 1.82) is 0 Å². The summed E-state index contributed by atoms with van der Waals surface area (Å²) in [4.78, 5) is 29.1. The fraction of sp³-hybridized carbons (Fsp3) is 0.500. The molecule has 0 bridgehead atoms. The minimum Gasteiger partial charge on any atom is -0.481 e. The lowest BCUT2D eigenvalue weighted by Gasteiger charge is -2.32. The van der Waals surface area contributed by atoms with Gasteiger partial charge in [-0.2, -0.15) is 0 Å². The van der Waals surface area contributed by atoms with Gasteiger partial charge in [-0.05, 0) is 31.4 Å². The van der Waals surface area contributed by atoms with Gasteiger partial charge in [-0.25, -0.2) is 0 Å². The Kier molecular flexibility index (Phi) is 4.14. The molecule has 2 unspecified atom stereocenters. The molecule has 1 fully saturated rings. The zero-order valence-corrected chi connectivity index (χ0v) is 11.0. The minimum atomic E-state index is -0.813. The van der Waals surface area contributed by atoms with Crippen molar-refractivity contribution in [3.8, 4) is 0 Å². The van der Waals surface area contributed by atoms with E-state index in [1.54, 1.807) is 23.4 Å². The van der Waals surface area contributed by atoms with E-state index in [-0.39, 0.29) is 11.8 Å². The van der Waals surface area contributed by atoms with Gasteiger partial charge in [-0.3, -0.25) is 14.6 Å². The topological polar surface area (TPSA) is 70.5 Å². The molecule has 5 heteroatoms. The molecule has 102 valence electrons. The predicted molar refractivity (Wildman–Crippen MR) is 69.6 cm³/mol. The highest BCUT2D eigenvalue weighted by Gasteiger charge is 2.30. The first-order chi connectivity index (χ1) is 9.09. The second kappa shape index (κ2) is 5.82. The normalized spacial score (nSPS) is 20.9. The van der Waals surface area contributed by atoms with Crippen LogP contribution in [-0.4, -0.2) is 40.0 Å². The number of piperidine rings is 1. The maximum absolute atomic E-state index is 12.4. The van der Waals surface area contributed by atoms with Gasteiger partial charge in [-0.1, -0.05) is 6.07 Å². The monoisotopic (exact) mass is 262 g/mol. The third-order valence-corrected chi connectivity index (χ3v) is 3.64. The molecule has 0 aliphatic carbocycles. The van der Waals surface area contributed by atoms with Gasteiger partial charge in [0.1, 0.15) is 0 Å². The molecule has 1 saturated heterocycles. The first-order valence-electron chi connectivity index (χ1n) is 6.51. The van der Waals surface area contributed by atoms with Gasteiger partial charge in [0.15, 0.2) is 0 Å². The average Bonchev–Trinajstić information content (AvgIpc) is 2.46. The van der Waals surface area contributed by atoms with Crippen LogP contribution >= 0.6 is 0 Å². The molecular formula is C14H18N2O3. The number of likely N-dealkylation sites (tertiary alicyclic amines) is 1. The number of carbonyl (C=O) groups is 2. The van der Waals surface area contributed by atoms with Gasteiger partial charge in [0.2, 0.25) is 5.91 Å². The molecule has 1 aliphatic heterocycles. The highest BCUT2D eigenvalue weighted by Crippen LogP contribution is 2.22. The zero-order chi connectivity index (χ0) is 13.8. The Bertz CT molecular complexity index is 461. The molecule has 0 radical (unpaired) electrons. The molecule has 1 N–H and O–H groups in total. The van der Waals surface area contributed by atoms with Crippen LogP contribution in [-0.2, 0) is 9.59 Å². The highest BCUT2D eigenvalue weighted by molar-refractivity contribution is 5.84. The highest BCUT2D eigenvalue weighted by atomic mass is 16.4. The largest absolute Gasteiger partial charge is 0.481 e.